The number of carbonyl (C=O) groups excluding carboxylic acids is 1. The lowest BCUT2D eigenvalue weighted by molar-refractivity contribution is -0.143. The third-order valence-corrected chi connectivity index (χ3v) is 4.90. The van der Waals surface area contributed by atoms with Crippen molar-refractivity contribution in [2.75, 3.05) is 26.2 Å². The zero-order chi connectivity index (χ0) is 18.6. The van der Waals surface area contributed by atoms with Crippen molar-refractivity contribution in [2.45, 2.75) is 19.1 Å². The van der Waals surface area contributed by atoms with Gasteiger partial charge in [-0.3, -0.25) is 4.90 Å². The Labute approximate surface area is 152 Å². The minimum Gasteiger partial charge on any atom is -0.443 e. The fourth-order valence-corrected chi connectivity index (χ4v) is 3.50. The SMILES string of the molecule is O=C(NCc1coc(-c2cccs2)n1)NCC1CCN(CC(F)(F)F)C1. The second-order valence-electron chi connectivity index (χ2n) is 6.19. The summed E-state index contributed by atoms with van der Waals surface area (Å²) >= 11 is 1.51. The molecule has 1 fully saturated rings. The number of halogens is 3. The van der Waals surface area contributed by atoms with E-state index in [4.69, 9.17) is 4.42 Å². The van der Waals surface area contributed by atoms with E-state index in [0.717, 1.165) is 4.88 Å². The Kier molecular flexibility index (Phi) is 5.82. The van der Waals surface area contributed by atoms with E-state index >= 15 is 0 Å². The van der Waals surface area contributed by atoms with Crippen molar-refractivity contribution in [3.8, 4) is 10.8 Å². The van der Waals surface area contributed by atoms with E-state index in [1.165, 1.54) is 22.5 Å². The number of hydrogen-bond donors (Lipinski definition) is 2. The zero-order valence-electron chi connectivity index (χ0n) is 13.9. The highest BCUT2D eigenvalue weighted by Gasteiger charge is 2.34. The van der Waals surface area contributed by atoms with Gasteiger partial charge < -0.3 is 15.1 Å². The Morgan fingerprint density at radius 2 is 2.27 bits per heavy atom. The van der Waals surface area contributed by atoms with Gasteiger partial charge in [0.25, 0.3) is 0 Å². The molecule has 0 radical (unpaired) electrons. The van der Waals surface area contributed by atoms with Crippen LogP contribution in [0.5, 0.6) is 0 Å². The number of hydrogen-bond acceptors (Lipinski definition) is 5. The van der Waals surface area contributed by atoms with Gasteiger partial charge in [0.05, 0.1) is 23.7 Å². The normalized spacial score (nSPS) is 18.2. The summed E-state index contributed by atoms with van der Waals surface area (Å²) in [4.78, 5) is 18.4. The first kappa shape index (κ1) is 18.7. The number of aromatic nitrogens is 1. The highest BCUT2D eigenvalue weighted by Crippen LogP contribution is 2.24. The molecule has 2 amide bonds. The van der Waals surface area contributed by atoms with Crippen LogP contribution in [0.4, 0.5) is 18.0 Å². The van der Waals surface area contributed by atoms with E-state index < -0.39 is 12.7 Å². The molecule has 10 heteroatoms. The molecular formula is C16H19F3N4O2S. The quantitative estimate of drug-likeness (QED) is 0.798. The number of likely N-dealkylation sites (tertiary alicyclic amines) is 1. The lowest BCUT2D eigenvalue weighted by Gasteiger charge is -2.18. The van der Waals surface area contributed by atoms with Gasteiger partial charge in [-0.05, 0) is 30.3 Å². The third-order valence-electron chi connectivity index (χ3n) is 4.04. The molecule has 26 heavy (non-hydrogen) atoms. The molecule has 3 rings (SSSR count). The van der Waals surface area contributed by atoms with E-state index in [1.807, 2.05) is 17.5 Å². The highest BCUT2D eigenvalue weighted by atomic mass is 32.1. The van der Waals surface area contributed by atoms with Gasteiger partial charge in [0.1, 0.15) is 6.26 Å². The molecule has 1 unspecified atom stereocenters. The maximum absolute atomic E-state index is 12.4. The maximum atomic E-state index is 12.4. The van der Waals surface area contributed by atoms with Crippen molar-refractivity contribution in [1.29, 1.82) is 0 Å². The Morgan fingerprint density at radius 3 is 3.00 bits per heavy atom. The Morgan fingerprint density at radius 1 is 1.42 bits per heavy atom. The summed E-state index contributed by atoms with van der Waals surface area (Å²) in [6.45, 7) is 0.407. The molecule has 3 heterocycles. The van der Waals surface area contributed by atoms with Gasteiger partial charge in [-0.2, -0.15) is 13.2 Å². The smallest absolute Gasteiger partial charge is 0.401 e. The van der Waals surface area contributed by atoms with Crippen molar-refractivity contribution in [3.63, 3.8) is 0 Å². The van der Waals surface area contributed by atoms with E-state index in [0.29, 0.717) is 37.6 Å². The van der Waals surface area contributed by atoms with Crippen LogP contribution in [0, 0.1) is 5.92 Å². The van der Waals surface area contributed by atoms with Gasteiger partial charge in [0, 0.05) is 13.1 Å². The molecule has 0 spiro atoms. The van der Waals surface area contributed by atoms with E-state index in [-0.39, 0.29) is 18.5 Å². The maximum Gasteiger partial charge on any atom is 0.401 e. The summed E-state index contributed by atoms with van der Waals surface area (Å²) in [5, 5.41) is 7.29. The molecule has 1 aliphatic heterocycles. The van der Waals surface area contributed by atoms with Crippen LogP contribution in [0.25, 0.3) is 10.8 Å². The van der Waals surface area contributed by atoms with Gasteiger partial charge in [-0.25, -0.2) is 9.78 Å². The van der Waals surface area contributed by atoms with Gasteiger partial charge in [0.15, 0.2) is 0 Å². The van der Waals surface area contributed by atoms with Crippen LogP contribution in [0.15, 0.2) is 28.2 Å². The highest BCUT2D eigenvalue weighted by molar-refractivity contribution is 7.13. The zero-order valence-corrected chi connectivity index (χ0v) is 14.7. The Hall–Kier alpha value is -2.07. The number of urea groups is 1. The van der Waals surface area contributed by atoms with E-state index in [9.17, 15) is 18.0 Å². The minimum absolute atomic E-state index is 0.0283. The molecule has 1 saturated heterocycles. The first-order valence-corrected chi connectivity index (χ1v) is 9.06. The lowest BCUT2D eigenvalue weighted by Crippen LogP contribution is -2.39. The van der Waals surface area contributed by atoms with Crippen molar-refractivity contribution < 1.29 is 22.4 Å². The molecule has 0 saturated carbocycles. The van der Waals surface area contributed by atoms with Crippen LogP contribution in [-0.4, -0.2) is 48.3 Å². The molecule has 1 atom stereocenters. The molecule has 2 N–H and O–H groups in total. The predicted molar refractivity (Wildman–Crippen MR) is 90.7 cm³/mol. The predicted octanol–water partition coefficient (Wildman–Crippen LogP) is 3.09. The Bertz CT molecular complexity index is 717. The molecule has 0 aliphatic carbocycles. The largest absolute Gasteiger partial charge is 0.443 e. The van der Waals surface area contributed by atoms with Crippen LogP contribution in [-0.2, 0) is 6.54 Å². The van der Waals surface area contributed by atoms with Crippen molar-refractivity contribution in [2.24, 2.45) is 5.92 Å². The molecule has 142 valence electrons. The standard InChI is InChI=1S/C16H19F3N4O2S/c17-16(18,19)10-23-4-3-11(8-23)6-20-15(24)21-7-12-9-25-14(22-12)13-2-1-5-26-13/h1-2,5,9,11H,3-4,6-8,10H2,(H2,20,21,24). The van der Waals surface area contributed by atoms with Crippen LogP contribution >= 0.6 is 11.3 Å². The van der Waals surface area contributed by atoms with Crippen LogP contribution < -0.4 is 10.6 Å². The molecular weight excluding hydrogens is 369 g/mol. The average Bonchev–Trinajstić information content (AvgIpc) is 3.30. The van der Waals surface area contributed by atoms with Crippen LogP contribution in [0.3, 0.4) is 0 Å². The number of alkyl halides is 3. The summed E-state index contributed by atoms with van der Waals surface area (Å²) in [6.07, 6.45) is -2.05. The number of nitrogens with zero attached hydrogens (tertiary/aromatic N) is 2. The van der Waals surface area contributed by atoms with Crippen LogP contribution in [0.2, 0.25) is 0 Å². The topological polar surface area (TPSA) is 70.4 Å². The average molecular weight is 388 g/mol. The summed E-state index contributed by atoms with van der Waals surface area (Å²) in [5.74, 6) is 0.536. The number of carbonyl (C=O) groups is 1. The fourth-order valence-electron chi connectivity index (χ4n) is 2.85. The van der Waals surface area contributed by atoms with Crippen LogP contribution in [0.1, 0.15) is 12.1 Å². The number of rotatable bonds is 6. The van der Waals surface area contributed by atoms with Crippen molar-refractivity contribution in [3.05, 3.63) is 29.5 Å². The molecule has 1 aliphatic rings. The monoisotopic (exact) mass is 388 g/mol. The van der Waals surface area contributed by atoms with E-state index in [1.54, 1.807) is 0 Å². The number of amides is 2. The third kappa shape index (κ3) is 5.46. The second kappa shape index (κ2) is 8.09. The molecule has 2 aromatic heterocycles. The summed E-state index contributed by atoms with van der Waals surface area (Å²) < 4.78 is 42.5. The summed E-state index contributed by atoms with van der Waals surface area (Å²) in [6, 6.07) is 3.42. The summed E-state index contributed by atoms with van der Waals surface area (Å²) in [5.41, 5.74) is 0.598. The summed E-state index contributed by atoms with van der Waals surface area (Å²) in [7, 11) is 0. The van der Waals surface area contributed by atoms with Gasteiger partial charge in [-0.1, -0.05) is 6.07 Å². The van der Waals surface area contributed by atoms with Gasteiger partial charge in [-0.15, -0.1) is 11.3 Å². The first-order valence-electron chi connectivity index (χ1n) is 8.18. The number of oxazole rings is 1. The molecule has 2 aromatic rings. The first-order chi connectivity index (χ1) is 12.4. The fraction of sp³-hybridized carbons (Fsp3) is 0.500. The van der Waals surface area contributed by atoms with Gasteiger partial charge >= 0.3 is 12.2 Å². The van der Waals surface area contributed by atoms with E-state index in [2.05, 4.69) is 15.6 Å². The molecule has 0 bridgehead atoms. The van der Waals surface area contributed by atoms with Gasteiger partial charge in [0.2, 0.25) is 5.89 Å². The number of thiophene rings is 1. The molecule has 0 aromatic carbocycles. The minimum atomic E-state index is -4.18. The lowest BCUT2D eigenvalue weighted by atomic mass is 10.1. The second-order valence-corrected chi connectivity index (χ2v) is 7.14. The number of nitrogens with one attached hydrogen (secondary N) is 2. The molecule has 6 nitrogen and oxygen atoms in total. The van der Waals surface area contributed by atoms with Crippen molar-refractivity contribution in [1.82, 2.24) is 20.5 Å². The van der Waals surface area contributed by atoms with Crippen molar-refractivity contribution >= 4 is 17.4 Å². The Balaban J connectivity index is 1.36.